The van der Waals surface area contributed by atoms with Crippen molar-refractivity contribution in [3.8, 4) is 0 Å². The van der Waals surface area contributed by atoms with Crippen LogP contribution >= 0.6 is 0 Å². The molecule has 1 heteroatoms. The molecular weight excluding hydrogens is 242 g/mol. The van der Waals surface area contributed by atoms with Crippen molar-refractivity contribution in [3.63, 3.8) is 0 Å². The summed E-state index contributed by atoms with van der Waals surface area (Å²) < 4.78 is 0. The van der Waals surface area contributed by atoms with E-state index in [-0.39, 0.29) is 0 Å². The van der Waals surface area contributed by atoms with Gasteiger partial charge in [-0.2, -0.15) is 0 Å². The Morgan fingerprint density at radius 2 is 1.60 bits per heavy atom. The summed E-state index contributed by atoms with van der Waals surface area (Å²) in [4.78, 5) is 0. The molecule has 1 nitrogen and oxygen atoms in total. The molecule has 0 aliphatic rings. The standard InChI is InChI=1S/C19H33N/c1-6-18(12-15(2)3)14-20-17(5)13-16(4)19-10-8-7-9-11-19/h7-11,15-18,20H,6,12-14H2,1-5H3. The van der Waals surface area contributed by atoms with Crippen molar-refractivity contribution >= 4 is 0 Å². The Kier molecular flexibility index (Phi) is 7.91. The molecule has 1 rings (SSSR count). The first kappa shape index (κ1) is 17.2. The summed E-state index contributed by atoms with van der Waals surface area (Å²) in [5.41, 5.74) is 1.45. The van der Waals surface area contributed by atoms with Crippen LogP contribution in [0.1, 0.15) is 65.4 Å². The molecule has 3 unspecified atom stereocenters. The lowest BCUT2D eigenvalue weighted by atomic mass is 9.92. The molecule has 0 aliphatic carbocycles. The van der Waals surface area contributed by atoms with Crippen molar-refractivity contribution in [1.82, 2.24) is 5.32 Å². The smallest absolute Gasteiger partial charge is 0.00445 e. The lowest BCUT2D eigenvalue weighted by Crippen LogP contribution is -2.32. The Labute approximate surface area is 126 Å². The molecule has 0 bridgehead atoms. The van der Waals surface area contributed by atoms with Crippen molar-refractivity contribution in [2.24, 2.45) is 11.8 Å². The van der Waals surface area contributed by atoms with Crippen LogP contribution in [-0.2, 0) is 0 Å². The van der Waals surface area contributed by atoms with Crippen LogP contribution in [0.2, 0.25) is 0 Å². The third-order valence-electron chi connectivity index (χ3n) is 4.21. The van der Waals surface area contributed by atoms with Gasteiger partial charge in [0.1, 0.15) is 0 Å². The number of nitrogens with one attached hydrogen (secondary N) is 1. The van der Waals surface area contributed by atoms with Gasteiger partial charge in [0.25, 0.3) is 0 Å². The zero-order chi connectivity index (χ0) is 15.0. The van der Waals surface area contributed by atoms with Crippen LogP contribution in [0.3, 0.4) is 0 Å². The highest BCUT2D eigenvalue weighted by atomic mass is 14.9. The molecule has 0 spiro atoms. The fourth-order valence-electron chi connectivity index (χ4n) is 2.96. The minimum atomic E-state index is 0.589. The molecule has 0 aliphatic heterocycles. The Bertz CT molecular complexity index is 344. The van der Waals surface area contributed by atoms with E-state index < -0.39 is 0 Å². The van der Waals surface area contributed by atoms with Crippen LogP contribution in [-0.4, -0.2) is 12.6 Å². The van der Waals surface area contributed by atoms with Gasteiger partial charge < -0.3 is 5.32 Å². The zero-order valence-electron chi connectivity index (χ0n) is 14.0. The van der Waals surface area contributed by atoms with Crippen LogP contribution in [0.15, 0.2) is 30.3 Å². The van der Waals surface area contributed by atoms with Gasteiger partial charge >= 0.3 is 0 Å². The van der Waals surface area contributed by atoms with E-state index in [0.717, 1.165) is 18.4 Å². The summed E-state index contributed by atoms with van der Waals surface area (Å²) in [5, 5.41) is 3.74. The SMILES string of the molecule is CCC(CNC(C)CC(C)c1ccccc1)CC(C)C. The fourth-order valence-corrected chi connectivity index (χ4v) is 2.96. The van der Waals surface area contributed by atoms with E-state index >= 15 is 0 Å². The summed E-state index contributed by atoms with van der Waals surface area (Å²) in [6.45, 7) is 12.8. The molecular formula is C19H33N. The van der Waals surface area contributed by atoms with Gasteiger partial charge in [0.15, 0.2) is 0 Å². The predicted molar refractivity (Wildman–Crippen MR) is 90.2 cm³/mol. The van der Waals surface area contributed by atoms with Gasteiger partial charge in [-0.3, -0.25) is 0 Å². The molecule has 0 saturated heterocycles. The quantitative estimate of drug-likeness (QED) is 0.650. The van der Waals surface area contributed by atoms with E-state index in [2.05, 4.69) is 70.3 Å². The average molecular weight is 275 g/mol. The third-order valence-corrected chi connectivity index (χ3v) is 4.21. The van der Waals surface area contributed by atoms with Crippen molar-refractivity contribution in [2.45, 2.75) is 65.8 Å². The predicted octanol–water partition coefficient (Wildman–Crippen LogP) is 5.23. The molecule has 1 N–H and O–H groups in total. The van der Waals surface area contributed by atoms with Crippen LogP contribution < -0.4 is 5.32 Å². The molecule has 0 saturated carbocycles. The third kappa shape index (κ3) is 6.56. The molecule has 114 valence electrons. The van der Waals surface area contributed by atoms with E-state index in [0.29, 0.717) is 12.0 Å². The highest BCUT2D eigenvalue weighted by molar-refractivity contribution is 5.18. The molecule has 1 aromatic carbocycles. The maximum atomic E-state index is 3.74. The lowest BCUT2D eigenvalue weighted by molar-refractivity contribution is 0.352. The summed E-state index contributed by atoms with van der Waals surface area (Å²) in [6, 6.07) is 11.4. The van der Waals surface area contributed by atoms with Crippen LogP contribution in [0, 0.1) is 11.8 Å². The molecule has 0 amide bonds. The molecule has 0 aromatic heterocycles. The molecule has 3 atom stereocenters. The molecule has 20 heavy (non-hydrogen) atoms. The Balaban J connectivity index is 2.34. The number of hydrogen-bond acceptors (Lipinski definition) is 1. The summed E-state index contributed by atoms with van der Waals surface area (Å²) in [6.07, 6.45) is 3.83. The van der Waals surface area contributed by atoms with Gasteiger partial charge in [-0.05, 0) is 49.6 Å². The van der Waals surface area contributed by atoms with Crippen molar-refractivity contribution in [1.29, 1.82) is 0 Å². The van der Waals surface area contributed by atoms with E-state index in [9.17, 15) is 0 Å². The number of hydrogen-bond donors (Lipinski definition) is 1. The maximum Gasteiger partial charge on any atom is 0.00445 e. The van der Waals surface area contributed by atoms with Crippen LogP contribution in [0.4, 0.5) is 0 Å². The topological polar surface area (TPSA) is 12.0 Å². The van der Waals surface area contributed by atoms with E-state index in [1.165, 1.54) is 24.8 Å². The van der Waals surface area contributed by atoms with Gasteiger partial charge in [0.05, 0.1) is 0 Å². The summed E-state index contributed by atoms with van der Waals surface area (Å²) >= 11 is 0. The molecule has 0 heterocycles. The first-order valence-electron chi connectivity index (χ1n) is 8.31. The van der Waals surface area contributed by atoms with E-state index in [1.807, 2.05) is 0 Å². The monoisotopic (exact) mass is 275 g/mol. The molecule has 0 radical (unpaired) electrons. The van der Waals surface area contributed by atoms with Crippen molar-refractivity contribution in [2.75, 3.05) is 6.54 Å². The van der Waals surface area contributed by atoms with Gasteiger partial charge in [-0.25, -0.2) is 0 Å². The lowest BCUT2D eigenvalue weighted by Gasteiger charge is -2.23. The summed E-state index contributed by atoms with van der Waals surface area (Å²) in [5.74, 6) is 2.26. The zero-order valence-corrected chi connectivity index (χ0v) is 14.0. The van der Waals surface area contributed by atoms with Crippen molar-refractivity contribution < 1.29 is 0 Å². The Morgan fingerprint density at radius 3 is 2.15 bits per heavy atom. The minimum absolute atomic E-state index is 0.589. The average Bonchev–Trinajstić information content (AvgIpc) is 2.44. The fraction of sp³-hybridized carbons (Fsp3) is 0.684. The van der Waals surface area contributed by atoms with Gasteiger partial charge in [0, 0.05) is 6.04 Å². The highest BCUT2D eigenvalue weighted by Crippen LogP contribution is 2.20. The number of benzene rings is 1. The Hall–Kier alpha value is -0.820. The van der Waals surface area contributed by atoms with Gasteiger partial charge in [0.2, 0.25) is 0 Å². The van der Waals surface area contributed by atoms with Crippen LogP contribution in [0.5, 0.6) is 0 Å². The normalized spacial score (nSPS) is 16.1. The number of rotatable bonds is 9. The largest absolute Gasteiger partial charge is 0.314 e. The summed E-state index contributed by atoms with van der Waals surface area (Å²) in [7, 11) is 0. The second-order valence-corrected chi connectivity index (χ2v) is 6.76. The second kappa shape index (κ2) is 9.18. The molecule has 0 fully saturated rings. The van der Waals surface area contributed by atoms with E-state index in [1.54, 1.807) is 0 Å². The maximum absolute atomic E-state index is 3.74. The minimum Gasteiger partial charge on any atom is -0.314 e. The second-order valence-electron chi connectivity index (χ2n) is 6.76. The van der Waals surface area contributed by atoms with Gasteiger partial charge in [-0.1, -0.05) is 64.4 Å². The van der Waals surface area contributed by atoms with E-state index in [4.69, 9.17) is 0 Å². The van der Waals surface area contributed by atoms with Crippen LogP contribution in [0.25, 0.3) is 0 Å². The highest BCUT2D eigenvalue weighted by Gasteiger charge is 2.13. The first-order chi connectivity index (χ1) is 9.52. The van der Waals surface area contributed by atoms with Gasteiger partial charge in [-0.15, -0.1) is 0 Å². The first-order valence-corrected chi connectivity index (χ1v) is 8.31. The Morgan fingerprint density at radius 1 is 0.950 bits per heavy atom. The molecule has 1 aromatic rings. The van der Waals surface area contributed by atoms with Crippen molar-refractivity contribution in [3.05, 3.63) is 35.9 Å².